The summed E-state index contributed by atoms with van der Waals surface area (Å²) < 4.78 is 17.2. The molecule has 0 amide bonds. The van der Waals surface area contributed by atoms with Crippen molar-refractivity contribution in [2.24, 2.45) is 0 Å². The minimum absolute atomic E-state index is 0.0458. The van der Waals surface area contributed by atoms with Crippen molar-refractivity contribution >= 4 is 17.9 Å². The molecule has 320 valence electrons. The van der Waals surface area contributed by atoms with Crippen molar-refractivity contribution in [2.75, 3.05) is 41.0 Å². The Bertz CT molecular complexity index is 1140. The van der Waals surface area contributed by atoms with E-state index in [0.29, 0.717) is 19.3 Å². The van der Waals surface area contributed by atoms with Crippen LogP contribution in [0.2, 0.25) is 0 Å². The lowest BCUT2D eigenvalue weighted by Crippen LogP contribution is -2.50. The molecule has 2 atom stereocenters. The minimum atomic E-state index is -0.883. The molecule has 0 rings (SSSR count). The zero-order chi connectivity index (χ0) is 41.4. The van der Waals surface area contributed by atoms with Crippen molar-refractivity contribution in [1.82, 2.24) is 0 Å². The van der Waals surface area contributed by atoms with E-state index < -0.39 is 18.1 Å². The first-order valence-electron chi connectivity index (χ1n) is 22.0. The second kappa shape index (κ2) is 38.6. The van der Waals surface area contributed by atoms with Crippen molar-refractivity contribution < 1.29 is 38.2 Å². The highest BCUT2D eigenvalue weighted by Crippen LogP contribution is 2.14. The SMILES string of the molecule is CC/C=C/C/C=C/C/C=C/C/C=C/CCCCCCCCCCCCC(=O)OC(COCCC(C(=O)O)[N+](C)(C)C)COC(=O)CCCC/C=C/C/C=C/CC. The Hall–Kier alpha value is -3.23. The summed E-state index contributed by atoms with van der Waals surface area (Å²) in [5.74, 6) is -1.53. The highest BCUT2D eigenvalue weighted by Gasteiger charge is 2.31. The van der Waals surface area contributed by atoms with Crippen molar-refractivity contribution in [3.63, 3.8) is 0 Å². The lowest BCUT2D eigenvalue weighted by Gasteiger charge is -2.31. The summed E-state index contributed by atoms with van der Waals surface area (Å²) in [7, 11) is 5.50. The molecule has 0 aromatic rings. The monoisotopic (exact) mass is 785 g/mol. The minimum Gasteiger partial charge on any atom is -0.477 e. The molecule has 0 bridgehead atoms. The van der Waals surface area contributed by atoms with Gasteiger partial charge in [0.1, 0.15) is 6.61 Å². The number of carbonyl (C=O) groups is 3. The maximum absolute atomic E-state index is 12.7. The molecule has 8 nitrogen and oxygen atoms in total. The fourth-order valence-corrected chi connectivity index (χ4v) is 6.00. The summed E-state index contributed by atoms with van der Waals surface area (Å²) in [6, 6.07) is -0.622. The Labute approximate surface area is 342 Å². The van der Waals surface area contributed by atoms with Gasteiger partial charge in [-0.3, -0.25) is 9.59 Å². The van der Waals surface area contributed by atoms with Crippen molar-refractivity contribution in [1.29, 1.82) is 0 Å². The van der Waals surface area contributed by atoms with Gasteiger partial charge >= 0.3 is 17.9 Å². The van der Waals surface area contributed by atoms with E-state index in [4.69, 9.17) is 14.2 Å². The van der Waals surface area contributed by atoms with E-state index in [0.717, 1.165) is 77.0 Å². The molecule has 0 aliphatic carbocycles. The van der Waals surface area contributed by atoms with E-state index in [1.807, 2.05) is 21.1 Å². The second-order valence-corrected chi connectivity index (χ2v) is 15.5. The number of rotatable bonds is 38. The smallest absolute Gasteiger partial charge is 0.362 e. The van der Waals surface area contributed by atoms with Gasteiger partial charge in [-0.1, -0.05) is 138 Å². The molecule has 0 aliphatic rings. The molecule has 0 saturated heterocycles. The zero-order valence-electron chi connectivity index (χ0n) is 36.3. The number of unbranched alkanes of at least 4 members (excludes halogenated alkanes) is 12. The topological polar surface area (TPSA) is 99.1 Å². The van der Waals surface area contributed by atoms with Crippen LogP contribution in [-0.2, 0) is 28.6 Å². The number of carboxylic acids is 1. The van der Waals surface area contributed by atoms with Crippen LogP contribution < -0.4 is 0 Å². The molecule has 0 spiro atoms. The highest BCUT2D eigenvalue weighted by atomic mass is 16.6. The number of likely N-dealkylation sites (N-methyl/N-ethyl adjacent to an activating group) is 1. The molecule has 56 heavy (non-hydrogen) atoms. The van der Waals surface area contributed by atoms with Crippen LogP contribution in [-0.4, -0.2) is 80.6 Å². The van der Waals surface area contributed by atoms with E-state index in [9.17, 15) is 19.5 Å². The van der Waals surface area contributed by atoms with Crippen molar-refractivity contribution in [3.05, 3.63) is 72.9 Å². The summed E-state index contributed by atoms with van der Waals surface area (Å²) in [6.07, 6.45) is 48.2. The normalized spacial score (nSPS) is 13.7. The van der Waals surface area contributed by atoms with Crippen LogP contribution in [0.25, 0.3) is 0 Å². The Kier molecular flexibility index (Phi) is 36.4. The van der Waals surface area contributed by atoms with Crippen LogP contribution in [0, 0.1) is 0 Å². The van der Waals surface area contributed by atoms with Crippen LogP contribution in [0.1, 0.15) is 162 Å². The number of carboxylic acid groups (broad SMARTS) is 1. The van der Waals surface area contributed by atoms with Crippen molar-refractivity contribution in [2.45, 2.75) is 174 Å². The van der Waals surface area contributed by atoms with Gasteiger partial charge in [-0.25, -0.2) is 4.79 Å². The Morgan fingerprint density at radius 2 is 0.946 bits per heavy atom. The summed E-state index contributed by atoms with van der Waals surface area (Å²) in [5, 5.41) is 9.60. The van der Waals surface area contributed by atoms with Gasteiger partial charge in [0, 0.05) is 19.3 Å². The maximum atomic E-state index is 12.7. The van der Waals surface area contributed by atoms with E-state index in [2.05, 4.69) is 86.8 Å². The summed E-state index contributed by atoms with van der Waals surface area (Å²) >= 11 is 0. The number of nitrogens with zero attached hydrogens (tertiary/aromatic N) is 1. The third-order valence-electron chi connectivity index (χ3n) is 9.35. The molecule has 8 heteroatoms. The second-order valence-electron chi connectivity index (χ2n) is 15.5. The first kappa shape index (κ1) is 52.8. The molecule has 0 heterocycles. The van der Waals surface area contributed by atoms with Gasteiger partial charge in [0.05, 0.1) is 34.4 Å². The highest BCUT2D eigenvalue weighted by molar-refractivity contribution is 5.72. The fourth-order valence-electron chi connectivity index (χ4n) is 6.00. The van der Waals surface area contributed by atoms with Gasteiger partial charge in [-0.2, -0.15) is 0 Å². The van der Waals surface area contributed by atoms with Crippen LogP contribution in [0.3, 0.4) is 0 Å². The molecular weight excluding hydrogens is 703 g/mol. The van der Waals surface area contributed by atoms with Crippen LogP contribution >= 0.6 is 0 Å². The van der Waals surface area contributed by atoms with Crippen LogP contribution in [0.4, 0.5) is 0 Å². The molecule has 0 radical (unpaired) electrons. The van der Waals surface area contributed by atoms with E-state index in [1.165, 1.54) is 51.4 Å². The fraction of sp³-hybridized carbons (Fsp3) is 0.688. The number of quaternary nitrogens is 1. The Morgan fingerprint density at radius 3 is 1.43 bits per heavy atom. The van der Waals surface area contributed by atoms with Gasteiger partial charge < -0.3 is 23.8 Å². The van der Waals surface area contributed by atoms with E-state index in [1.54, 1.807) is 0 Å². The first-order valence-corrected chi connectivity index (χ1v) is 22.0. The zero-order valence-corrected chi connectivity index (χ0v) is 36.3. The van der Waals surface area contributed by atoms with E-state index >= 15 is 0 Å². The predicted molar refractivity (Wildman–Crippen MR) is 233 cm³/mol. The number of ether oxygens (including phenoxy) is 3. The van der Waals surface area contributed by atoms with Gasteiger partial charge in [-0.15, -0.1) is 0 Å². The average Bonchev–Trinajstić information content (AvgIpc) is 3.15. The van der Waals surface area contributed by atoms with Crippen LogP contribution in [0.15, 0.2) is 72.9 Å². The largest absolute Gasteiger partial charge is 0.477 e. The number of allylic oxidation sites excluding steroid dienone is 12. The van der Waals surface area contributed by atoms with Gasteiger partial charge in [0.15, 0.2) is 12.1 Å². The molecule has 0 aromatic heterocycles. The molecular formula is C48H82NO7+. The van der Waals surface area contributed by atoms with Crippen molar-refractivity contribution in [3.8, 4) is 0 Å². The molecule has 0 fully saturated rings. The summed E-state index contributed by atoms with van der Waals surface area (Å²) in [6.45, 7) is 4.44. The lowest BCUT2D eigenvalue weighted by molar-refractivity contribution is -0.887. The molecule has 1 N–H and O–H groups in total. The molecule has 0 saturated carbocycles. The molecule has 2 unspecified atom stereocenters. The predicted octanol–water partition coefficient (Wildman–Crippen LogP) is 12.0. The molecule has 0 aromatic carbocycles. The number of esters is 2. The van der Waals surface area contributed by atoms with Gasteiger partial charge in [0.25, 0.3) is 0 Å². The maximum Gasteiger partial charge on any atom is 0.362 e. The average molecular weight is 785 g/mol. The quantitative estimate of drug-likeness (QED) is 0.0288. The standard InChI is InChI=1S/C48H81NO7/c1-6-8-10-12-14-16-17-18-19-20-21-22-23-24-25-26-27-28-29-31-33-35-37-39-47(51)56-44(42-54-41-40-45(48(52)53)49(3,4)5)43-55-46(50)38-36-34-32-30-15-13-11-9-7-2/h8-11,14-16,18-19,21-22,30,44-45H,6-7,12-13,17,20,23-29,31-43H2,1-5H3/p+1/b10-8+,11-9+,16-14+,19-18+,22-21+,30-15+. The van der Waals surface area contributed by atoms with Gasteiger partial charge in [-0.05, 0) is 77.0 Å². The van der Waals surface area contributed by atoms with Gasteiger partial charge in [0.2, 0.25) is 0 Å². The third-order valence-corrected chi connectivity index (χ3v) is 9.35. The summed E-state index contributed by atoms with van der Waals surface area (Å²) in [4.78, 5) is 36.8. The number of aliphatic carboxylic acids is 1. The summed E-state index contributed by atoms with van der Waals surface area (Å²) in [5.41, 5.74) is 0. The number of carbonyl (C=O) groups excluding carboxylic acids is 2. The van der Waals surface area contributed by atoms with Crippen LogP contribution in [0.5, 0.6) is 0 Å². The molecule has 0 aliphatic heterocycles. The number of hydrogen-bond donors (Lipinski definition) is 1. The van der Waals surface area contributed by atoms with E-state index in [-0.39, 0.29) is 36.2 Å². The number of hydrogen-bond acceptors (Lipinski definition) is 6. The Balaban J connectivity index is 4.25. The third kappa shape index (κ3) is 36.4. The first-order chi connectivity index (χ1) is 27.1. The lowest BCUT2D eigenvalue weighted by atomic mass is 10.0. The Morgan fingerprint density at radius 1 is 0.536 bits per heavy atom.